The molecule has 0 bridgehead atoms. The Labute approximate surface area is 76.4 Å². The Morgan fingerprint density at radius 2 is 1.91 bits per heavy atom. The first-order valence-electron chi connectivity index (χ1n) is 3.32. The minimum absolute atomic E-state index is 0.597. The summed E-state index contributed by atoms with van der Waals surface area (Å²) in [5.41, 5.74) is 1.07. The fraction of sp³-hybridized carbons (Fsp3) is 0.111. The van der Waals surface area contributed by atoms with E-state index in [0.717, 1.165) is 5.56 Å². The Kier molecular flexibility index (Phi) is 2.98. The first-order valence-corrected chi connectivity index (χ1v) is 4.07. The van der Waals surface area contributed by atoms with Crippen LogP contribution in [0.5, 0.6) is 0 Å². The first-order chi connectivity index (χ1) is 5.24. The maximum absolute atomic E-state index is 5.78. The van der Waals surface area contributed by atoms with E-state index in [1.807, 2.05) is 31.2 Å². The molecule has 1 aromatic carbocycles. The zero-order chi connectivity index (χ0) is 8.27. The summed E-state index contributed by atoms with van der Waals surface area (Å²) in [6.45, 7) is 1.96. The van der Waals surface area contributed by atoms with E-state index in [0.29, 0.717) is 10.0 Å². The summed E-state index contributed by atoms with van der Waals surface area (Å²) in [5.74, 6) is 0. The molecule has 0 fully saturated rings. The molecule has 58 valence electrons. The third kappa shape index (κ3) is 2.25. The molecule has 0 aliphatic heterocycles. The van der Waals surface area contributed by atoms with E-state index < -0.39 is 0 Å². The van der Waals surface area contributed by atoms with Gasteiger partial charge in [0.25, 0.3) is 0 Å². The van der Waals surface area contributed by atoms with Gasteiger partial charge in [0.05, 0.1) is 10.0 Å². The third-order valence-electron chi connectivity index (χ3n) is 1.30. The lowest BCUT2D eigenvalue weighted by atomic mass is 10.2. The maximum Gasteiger partial charge on any atom is 0.0598 e. The van der Waals surface area contributed by atoms with Gasteiger partial charge in [-0.1, -0.05) is 41.4 Å². The summed E-state index contributed by atoms with van der Waals surface area (Å²) in [5, 5.41) is 1.20. The van der Waals surface area contributed by atoms with Crippen molar-refractivity contribution in [2.75, 3.05) is 0 Å². The summed E-state index contributed by atoms with van der Waals surface area (Å²) >= 11 is 11.5. The smallest absolute Gasteiger partial charge is 0.0598 e. The largest absolute Gasteiger partial charge is 0.0871 e. The van der Waals surface area contributed by atoms with Crippen molar-refractivity contribution in [2.45, 2.75) is 6.92 Å². The Hall–Kier alpha value is -0.460. The van der Waals surface area contributed by atoms with E-state index in [-0.39, 0.29) is 0 Å². The molecule has 0 aromatic heterocycles. The van der Waals surface area contributed by atoms with Crippen LogP contribution >= 0.6 is 23.2 Å². The number of halogens is 2. The number of hydrogen-bond donors (Lipinski definition) is 0. The van der Waals surface area contributed by atoms with Gasteiger partial charge in [-0.3, -0.25) is 0 Å². The molecule has 0 saturated carbocycles. The number of benzene rings is 1. The van der Waals surface area contributed by atoms with Gasteiger partial charge in [0, 0.05) is 0 Å². The maximum atomic E-state index is 5.78. The van der Waals surface area contributed by atoms with Crippen LogP contribution in [0.1, 0.15) is 12.5 Å². The van der Waals surface area contributed by atoms with Crippen LogP contribution < -0.4 is 0 Å². The van der Waals surface area contributed by atoms with Crippen LogP contribution in [0.25, 0.3) is 6.08 Å². The van der Waals surface area contributed by atoms with Gasteiger partial charge in [0.2, 0.25) is 0 Å². The van der Waals surface area contributed by atoms with E-state index in [2.05, 4.69) is 0 Å². The highest BCUT2D eigenvalue weighted by molar-refractivity contribution is 6.42. The summed E-state index contributed by atoms with van der Waals surface area (Å²) in [4.78, 5) is 0. The molecule has 0 heterocycles. The molecule has 0 amide bonds. The second-order valence-electron chi connectivity index (χ2n) is 2.17. The minimum atomic E-state index is 0.597. The van der Waals surface area contributed by atoms with E-state index >= 15 is 0 Å². The van der Waals surface area contributed by atoms with Crippen LogP contribution in [0, 0.1) is 0 Å². The number of hydrogen-bond acceptors (Lipinski definition) is 0. The molecule has 0 atom stereocenters. The van der Waals surface area contributed by atoms with E-state index in [4.69, 9.17) is 23.2 Å². The fourth-order valence-electron chi connectivity index (χ4n) is 0.809. The SMILES string of the molecule is CC=Cc1ccc(Cl)c(Cl)c1. The zero-order valence-corrected chi connectivity index (χ0v) is 7.65. The van der Waals surface area contributed by atoms with Gasteiger partial charge in [-0.2, -0.15) is 0 Å². The highest BCUT2D eigenvalue weighted by Gasteiger charge is 1.95. The van der Waals surface area contributed by atoms with Crippen molar-refractivity contribution < 1.29 is 0 Å². The average Bonchev–Trinajstić information content (AvgIpc) is 1.98. The van der Waals surface area contributed by atoms with Gasteiger partial charge in [-0.25, -0.2) is 0 Å². The third-order valence-corrected chi connectivity index (χ3v) is 2.04. The Balaban J connectivity index is 3.05. The summed E-state index contributed by atoms with van der Waals surface area (Å²) in [7, 11) is 0. The van der Waals surface area contributed by atoms with Gasteiger partial charge < -0.3 is 0 Å². The number of rotatable bonds is 1. The molecule has 0 N–H and O–H groups in total. The molecule has 1 rings (SSSR count). The molecule has 0 saturated heterocycles. The van der Waals surface area contributed by atoms with E-state index in [1.54, 1.807) is 6.07 Å². The Morgan fingerprint density at radius 1 is 1.18 bits per heavy atom. The highest BCUT2D eigenvalue weighted by atomic mass is 35.5. The van der Waals surface area contributed by atoms with Crippen LogP contribution in [0.15, 0.2) is 24.3 Å². The molecule has 0 aliphatic rings. The molecule has 0 spiro atoms. The van der Waals surface area contributed by atoms with Gasteiger partial charge in [-0.05, 0) is 24.6 Å². The van der Waals surface area contributed by atoms with Gasteiger partial charge in [-0.15, -0.1) is 0 Å². The lowest BCUT2D eigenvalue weighted by molar-refractivity contribution is 1.64. The zero-order valence-electron chi connectivity index (χ0n) is 6.14. The van der Waals surface area contributed by atoms with Crippen molar-refractivity contribution >= 4 is 29.3 Å². The highest BCUT2D eigenvalue weighted by Crippen LogP contribution is 2.22. The summed E-state index contributed by atoms with van der Waals surface area (Å²) < 4.78 is 0. The van der Waals surface area contributed by atoms with Crippen molar-refractivity contribution in [1.29, 1.82) is 0 Å². The molecule has 0 radical (unpaired) electrons. The van der Waals surface area contributed by atoms with Crippen LogP contribution in [0.2, 0.25) is 10.0 Å². The Morgan fingerprint density at radius 3 is 2.45 bits per heavy atom. The Bertz CT molecular complexity index is 277. The predicted molar refractivity (Wildman–Crippen MR) is 51.2 cm³/mol. The molecule has 0 aliphatic carbocycles. The van der Waals surface area contributed by atoms with Crippen LogP contribution in [-0.4, -0.2) is 0 Å². The van der Waals surface area contributed by atoms with Crippen molar-refractivity contribution in [1.82, 2.24) is 0 Å². The normalized spacial score (nSPS) is 10.8. The molecule has 1 aromatic rings. The lowest BCUT2D eigenvalue weighted by Crippen LogP contribution is -1.72. The minimum Gasteiger partial charge on any atom is -0.0871 e. The molecule has 2 heteroatoms. The van der Waals surface area contributed by atoms with Crippen LogP contribution in [0.4, 0.5) is 0 Å². The number of allylic oxidation sites excluding steroid dienone is 1. The van der Waals surface area contributed by atoms with Crippen molar-refractivity contribution in [2.24, 2.45) is 0 Å². The van der Waals surface area contributed by atoms with Crippen molar-refractivity contribution in [3.8, 4) is 0 Å². The van der Waals surface area contributed by atoms with Crippen LogP contribution in [0.3, 0.4) is 0 Å². The average molecular weight is 187 g/mol. The second-order valence-corrected chi connectivity index (χ2v) is 2.99. The topological polar surface area (TPSA) is 0 Å². The molecular formula is C9H8Cl2. The quantitative estimate of drug-likeness (QED) is 0.622. The van der Waals surface area contributed by atoms with Gasteiger partial charge in [0.15, 0.2) is 0 Å². The van der Waals surface area contributed by atoms with Crippen LogP contribution in [-0.2, 0) is 0 Å². The first kappa shape index (κ1) is 8.63. The molecule has 0 unspecified atom stereocenters. The summed E-state index contributed by atoms with van der Waals surface area (Å²) in [6, 6.07) is 5.55. The lowest BCUT2D eigenvalue weighted by Gasteiger charge is -1.96. The van der Waals surface area contributed by atoms with Gasteiger partial charge in [0.1, 0.15) is 0 Å². The van der Waals surface area contributed by atoms with E-state index in [1.165, 1.54) is 0 Å². The van der Waals surface area contributed by atoms with Gasteiger partial charge >= 0.3 is 0 Å². The second kappa shape index (κ2) is 3.80. The predicted octanol–water partition coefficient (Wildman–Crippen LogP) is 4.03. The standard InChI is InChI=1S/C9H8Cl2/c1-2-3-7-4-5-8(10)9(11)6-7/h2-6H,1H3. The van der Waals surface area contributed by atoms with Crippen molar-refractivity contribution in [3.05, 3.63) is 39.9 Å². The fourth-order valence-corrected chi connectivity index (χ4v) is 1.12. The molecule has 11 heavy (non-hydrogen) atoms. The summed E-state index contributed by atoms with van der Waals surface area (Å²) in [6.07, 6.45) is 3.93. The monoisotopic (exact) mass is 186 g/mol. The van der Waals surface area contributed by atoms with Crippen molar-refractivity contribution in [3.63, 3.8) is 0 Å². The molecule has 0 nitrogen and oxygen atoms in total. The van der Waals surface area contributed by atoms with E-state index in [9.17, 15) is 0 Å². The molecular weight excluding hydrogens is 179 g/mol.